The number of aryl methyl sites for hydroxylation is 1. The summed E-state index contributed by atoms with van der Waals surface area (Å²) in [5.41, 5.74) is 3.30. The van der Waals surface area contributed by atoms with Crippen LogP contribution in [-0.4, -0.2) is 22.6 Å². The second kappa shape index (κ2) is 4.98. The van der Waals surface area contributed by atoms with Crippen LogP contribution in [0.1, 0.15) is 24.1 Å². The van der Waals surface area contributed by atoms with Gasteiger partial charge in [0.1, 0.15) is 12.1 Å². The molecular formula is C18H18N3O+. The van der Waals surface area contributed by atoms with Crippen LogP contribution in [0.4, 0.5) is 0 Å². The number of benzene rings is 1. The van der Waals surface area contributed by atoms with Crippen LogP contribution in [-0.2, 0) is 11.2 Å². The molecule has 3 aliphatic rings. The lowest BCUT2D eigenvalue weighted by Gasteiger charge is -2.25. The lowest BCUT2D eigenvalue weighted by Crippen LogP contribution is -2.74. The molecule has 2 aliphatic heterocycles. The fourth-order valence-electron chi connectivity index (χ4n) is 3.19. The predicted octanol–water partition coefficient (Wildman–Crippen LogP) is 0.551. The van der Waals surface area contributed by atoms with Crippen molar-refractivity contribution in [2.45, 2.75) is 25.4 Å². The van der Waals surface area contributed by atoms with E-state index in [2.05, 4.69) is 29.4 Å². The standard InChI is InChI=1S/C18H17N3O/c1-2-12-6-5-7-13(10-12)17-18(22)21-15-9-4-3-8-14(15)19-11-16(21)20-17/h3-11,15,17,20H,2H2,1H3/p+1. The second-order valence-electron chi connectivity index (χ2n) is 5.70. The summed E-state index contributed by atoms with van der Waals surface area (Å²) in [6, 6.07) is 7.90. The maximum Gasteiger partial charge on any atom is 0.256 e. The molecule has 2 unspecified atom stereocenters. The third kappa shape index (κ3) is 1.91. The molecule has 1 amide bonds. The van der Waals surface area contributed by atoms with Gasteiger partial charge >= 0.3 is 0 Å². The molecule has 0 saturated carbocycles. The van der Waals surface area contributed by atoms with Crippen molar-refractivity contribution in [2.75, 3.05) is 0 Å². The summed E-state index contributed by atoms with van der Waals surface area (Å²) in [5.74, 6) is 0.939. The Bertz CT molecular complexity index is 757. The molecule has 2 heterocycles. The normalized spacial score (nSPS) is 25.3. The van der Waals surface area contributed by atoms with E-state index in [1.165, 1.54) is 5.56 Å². The van der Waals surface area contributed by atoms with E-state index in [1.54, 1.807) is 0 Å². The zero-order valence-corrected chi connectivity index (χ0v) is 12.4. The van der Waals surface area contributed by atoms with Crippen molar-refractivity contribution in [3.05, 3.63) is 71.7 Å². The number of hydrogen-bond acceptors (Lipinski definition) is 2. The van der Waals surface area contributed by atoms with Crippen molar-refractivity contribution in [3.8, 4) is 0 Å². The Morgan fingerprint density at radius 2 is 2.23 bits per heavy atom. The Morgan fingerprint density at radius 3 is 3.09 bits per heavy atom. The summed E-state index contributed by atoms with van der Waals surface area (Å²) in [4.78, 5) is 18.0. The van der Waals surface area contributed by atoms with Gasteiger partial charge in [-0.25, -0.2) is 4.99 Å². The molecular weight excluding hydrogens is 274 g/mol. The van der Waals surface area contributed by atoms with Gasteiger partial charge in [-0.05, 0) is 17.5 Å². The zero-order valence-electron chi connectivity index (χ0n) is 12.4. The minimum absolute atomic E-state index is 0.0376. The first-order valence-corrected chi connectivity index (χ1v) is 7.65. The Balaban J connectivity index is 1.69. The van der Waals surface area contributed by atoms with Crippen LogP contribution in [0.2, 0.25) is 0 Å². The third-order valence-corrected chi connectivity index (χ3v) is 4.38. The SMILES string of the molecule is CCc1cccc(C2NC3=C[NH+]=C4C=CC=CC4N3C2=O)c1. The van der Waals surface area contributed by atoms with Crippen LogP contribution in [0.15, 0.2) is 60.6 Å². The zero-order chi connectivity index (χ0) is 15.1. The van der Waals surface area contributed by atoms with Gasteiger partial charge in [-0.15, -0.1) is 0 Å². The highest BCUT2D eigenvalue weighted by atomic mass is 16.2. The van der Waals surface area contributed by atoms with Crippen molar-refractivity contribution >= 4 is 11.6 Å². The summed E-state index contributed by atoms with van der Waals surface area (Å²) in [5, 5.41) is 3.35. The van der Waals surface area contributed by atoms with E-state index in [0.29, 0.717) is 0 Å². The number of rotatable bonds is 2. The van der Waals surface area contributed by atoms with Gasteiger partial charge in [0.25, 0.3) is 5.91 Å². The molecule has 1 aromatic rings. The van der Waals surface area contributed by atoms with E-state index >= 15 is 0 Å². The second-order valence-corrected chi connectivity index (χ2v) is 5.70. The monoisotopic (exact) mass is 292 g/mol. The van der Waals surface area contributed by atoms with E-state index in [0.717, 1.165) is 23.5 Å². The summed E-state index contributed by atoms with van der Waals surface area (Å²) >= 11 is 0. The quantitative estimate of drug-likeness (QED) is 0.836. The molecule has 1 fully saturated rings. The van der Waals surface area contributed by atoms with E-state index in [-0.39, 0.29) is 18.0 Å². The van der Waals surface area contributed by atoms with Gasteiger partial charge in [0.15, 0.2) is 5.82 Å². The molecule has 2 atom stereocenters. The molecule has 0 radical (unpaired) electrons. The number of nitrogens with one attached hydrogen (secondary N) is 2. The van der Waals surface area contributed by atoms with Crippen LogP contribution >= 0.6 is 0 Å². The highest BCUT2D eigenvalue weighted by Gasteiger charge is 2.45. The Labute approximate surface area is 129 Å². The lowest BCUT2D eigenvalue weighted by atomic mass is 10.0. The molecule has 1 aromatic carbocycles. The van der Waals surface area contributed by atoms with Gasteiger partial charge in [0.2, 0.25) is 11.9 Å². The fraction of sp³-hybridized carbons (Fsp3) is 0.222. The van der Waals surface area contributed by atoms with Crippen LogP contribution in [0.25, 0.3) is 0 Å². The number of carbonyl (C=O) groups excluding carboxylic acids is 1. The van der Waals surface area contributed by atoms with E-state index in [9.17, 15) is 4.79 Å². The topological polar surface area (TPSA) is 46.3 Å². The largest absolute Gasteiger partial charge is 0.351 e. The number of carbonyl (C=O) groups is 1. The Hall–Kier alpha value is -2.62. The van der Waals surface area contributed by atoms with Gasteiger partial charge in [-0.2, -0.15) is 0 Å². The van der Waals surface area contributed by atoms with Crippen LogP contribution in [0.5, 0.6) is 0 Å². The van der Waals surface area contributed by atoms with Crippen LogP contribution in [0.3, 0.4) is 0 Å². The van der Waals surface area contributed by atoms with Gasteiger partial charge in [-0.1, -0.05) is 49.4 Å². The average Bonchev–Trinajstić information content (AvgIpc) is 2.92. The van der Waals surface area contributed by atoms with E-state index < -0.39 is 0 Å². The third-order valence-electron chi connectivity index (χ3n) is 4.38. The molecule has 4 heteroatoms. The number of allylic oxidation sites excluding steroid dienone is 2. The Morgan fingerprint density at radius 1 is 1.32 bits per heavy atom. The van der Waals surface area contributed by atoms with Crippen molar-refractivity contribution < 1.29 is 9.79 Å². The maximum atomic E-state index is 12.9. The first-order chi connectivity index (χ1) is 10.8. The lowest BCUT2D eigenvalue weighted by molar-refractivity contribution is -0.380. The van der Waals surface area contributed by atoms with Crippen molar-refractivity contribution in [3.63, 3.8) is 0 Å². The van der Waals surface area contributed by atoms with Crippen LogP contribution < -0.4 is 10.3 Å². The molecule has 4 rings (SSSR count). The van der Waals surface area contributed by atoms with Gasteiger partial charge in [-0.3, -0.25) is 9.69 Å². The highest BCUT2D eigenvalue weighted by molar-refractivity contribution is 6.02. The maximum absolute atomic E-state index is 12.9. The molecule has 4 nitrogen and oxygen atoms in total. The smallest absolute Gasteiger partial charge is 0.256 e. The van der Waals surface area contributed by atoms with E-state index in [4.69, 9.17) is 0 Å². The highest BCUT2D eigenvalue weighted by Crippen LogP contribution is 2.30. The van der Waals surface area contributed by atoms with Crippen molar-refractivity contribution in [1.82, 2.24) is 10.2 Å². The summed E-state index contributed by atoms with van der Waals surface area (Å²) < 4.78 is 0. The molecule has 0 spiro atoms. The predicted molar refractivity (Wildman–Crippen MR) is 84.7 cm³/mol. The number of nitrogens with zero attached hydrogens (tertiary/aromatic N) is 1. The minimum Gasteiger partial charge on any atom is -0.351 e. The summed E-state index contributed by atoms with van der Waals surface area (Å²) in [6.07, 6.45) is 10.9. The average molecular weight is 292 g/mol. The summed E-state index contributed by atoms with van der Waals surface area (Å²) in [6.45, 7) is 2.12. The Kier molecular flexibility index (Phi) is 2.96. The van der Waals surface area contributed by atoms with Crippen molar-refractivity contribution in [1.29, 1.82) is 0 Å². The first kappa shape index (κ1) is 13.1. The molecule has 0 aromatic heterocycles. The number of fused-ring (bicyclic) bond motifs is 3. The van der Waals surface area contributed by atoms with Crippen LogP contribution in [0, 0.1) is 0 Å². The van der Waals surface area contributed by atoms with Gasteiger partial charge in [0.05, 0.1) is 0 Å². The minimum atomic E-state index is -0.307. The molecule has 110 valence electrons. The molecule has 0 bridgehead atoms. The van der Waals surface area contributed by atoms with Gasteiger partial charge in [0, 0.05) is 6.08 Å². The molecule has 1 saturated heterocycles. The molecule has 22 heavy (non-hydrogen) atoms. The molecule has 2 N–H and O–H groups in total. The van der Waals surface area contributed by atoms with Crippen molar-refractivity contribution in [2.24, 2.45) is 0 Å². The first-order valence-electron chi connectivity index (χ1n) is 7.65. The number of hydrogen-bond donors (Lipinski definition) is 2. The van der Waals surface area contributed by atoms with E-state index in [1.807, 2.05) is 47.5 Å². The molecule has 1 aliphatic carbocycles. The summed E-state index contributed by atoms with van der Waals surface area (Å²) in [7, 11) is 0. The fourth-order valence-corrected chi connectivity index (χ4v) is 3.19. The number of amides is 1. The van der Waals surface area contributed by atoms with Gasteiger partial charge < -0.3 is 5.32 Å².